The highest BCUT2D eigenvalue weighted by atomic mass is 19.1. The van der Waals surface area contributed by atoms with Crippen molar-refractivity contribution < 1.29 is 4.39 Å². The molecule has 3 rings (SSSR count). The highest BCUT2D eigenvalue weighted by molar-refractivity contribution is 5.82. The maximum Gasteiger partial charge on any atom is 0.125 e. The molecule has 0 aromatic heterocycles. The largest absolute Gasteiger partial charge is 0.372 e. The molecule has 0 amide bonds. The average Bonchev–Trinajstić information content (AvgIpc) is 2.54. The first kappa shape index (κ1) is 13.8. The third-order valence-electron chi connectivity index (χ3n) is 3.79. The van der Waals surface area contributed by atoms with Crippen LogP contribution in [0.3, 0.4) is 0 Å². The molecule has 1 aliphatic heterocycles. The molecule has 1 saturated heterocycles. The van der Waals surface area contributed by atoms with Crippen molar-refractivity contribution in [2.75, 3.05) is 18.0 Å². The topological polar surface area (TPSA) is 15.6 Å². The molecule has 0 saturated carbocycles. The average molecular weight is 282 g/mol. The molecule has 1 aliphatic rings. The van der Waals surface area contributed by atoms with E-state index >= 15 is 0 Å². The molecule has 0 aliphatic carbocycles. The highest BCUT2D eigenvalue weighted by Crippen LogP contribution is 2.20. The molecule has 0 unspecified atom stereocenters. The van der Waals surface area contributed by atoms with Crippen LogP contribution in [0.15, 0.2) is 53.5 Å². The first-order valence-corrected chi connectivity index (χ1v) is 7.46. The van der Waals surface area contributed by atoms with Gasteiger partial charge in [-0.15, -0.1) is 0 Å². The summed E-state index contributed by atoms with van der Waals surface area (Å²) in [4.78, 5) is 6.73. The summed E-state index contributed by atoms with van der Waals surface area (Å²) in [5, 5.41) is 0. The summed E-state index contributed by atoms with van der Waals surface area (Å²) in [5.41, 5.74) is 2.94. The molecule has 0 radical (unpaired) electrons. The van der Waals surface area contributed by atoms with Crippen molar-refractivity contribution in [1.82, 2.24) is 0 Å². The van der Waals surface area contributed by atoms with E-state index in [0.29, 0.717) is 5.69 Å². The molecule has 0 N–H and O–H groups in total. The summed E-state index contributed by atoms with van der Waals surface area (Å²) in [6.07, 6.45) is 5.68. The van der Waals surface area contributed by atoms with E-state index in [1.165, 1.54) is 37.1 Å². The molecule has 21 heavy (non-hydrogen) atoms. The second-order valence-electron chi connectivity index (χ2n) is 5.38. The first-order chi connectivity index (χ1) is 10.3. The van der Waals surface area contributed by atoms with E-state index in [0.717, 1.165) is 18.7 Å². The predicted octanol–water partition coefficient (Wildman–Crippen LogP) is 4.57. The minimum Gasteiger partial charge on any atom is -0.372 e. The molecule has 1 heterocycles. The number of nitrogens with zero attached hydrogens (tertiary/aromatic N) is 2. The van der Waals surface area contributed by atoms with E-state index in [2.05, 4.69) is 34.2 Å². The lowest BCUT2D eigenvalue weighted by molar-refractivity contribution is 0.578. The van der Waals surface area contributed by atoms with Crippen LogP contribution in [0, 0.1) is 5.82 Å². The maximum absolute atomic E-state index is 13.1. The van der Waals surface area contributed by atoms with Crippen LogP contribution in [0.1, 0.15) is 24.8 Å². The number of aliphatic imine (C=N–C) groups is 1. The summed E-state index contributed by atoms with van der Waals surface area (Å²) >= 11 is 0. The fourth-order valence-corrected chi connectivity index (χ4v) is 2.63. The van der Waals surface area contributed by atoms with Gasteiger partial charge in [-0.2, -0.15) is 0 Å². The summed E-state index contributed by atoms with van der Waals surface area (Å²) < 4.78 is 13.1. The van der Waals surface area contributed by atoms with Gasteiger partial charge < -0.3 is 4.90 Å². The Morgan fingerprint density at radius 3 is 2.43 bits per heavy atom. The maximum atomic E-state index is 13.1. The van der Waals surface area contributed by atoms with Gasteiger partial charge in [-0.05, 0) is 55.2 Å². The molecule has 2 aromatic carbocycles. The minimum absolute atomic E-state index is 0.259. The molecular formula is C18H19FN2. The number of hydrogen-bond donors (Lipinski definition) is 0. The molecule has 0 spiro atoms. The lowest BCUT2D eigenvalue weighted by Gasteiger charge is -2.28. The Bertz CT molecular complexity index is 613. The third kappa shape index (κ3) is 3.69. The van der Waals surface area contributed by atoms with Crippen molar-refractivity contribution in [3.05, 3.63) is 59.9 Å². The van der Waals surface area contributed by atoms with Crippen LogP contribution >= 0.6 is 0 Å². The summed E-state index contributed by atoms with van der Waals surface area (Å²) in [5.74, 6) is -0.259. The third-order valence-corrected chi connectivity index (χ3v) is 3.79. The number of hydrogen-bond acceptors (Lipinski definition) is 2. The van der Waals surface area contributed by atoms with Crippen LogP contribution in [0.5, 0.6) is 0 Å². The summed E-state index contributed by atoms with van der Waals surface area (Å²) in [7, 11) is 0. The van der Waals surface area contributed by atoms with Gasteiger partial charge in [0, 0.05) is 25.0 Å². The van der Waals surface area contributed by atoms with Crippen LogP contribution in [0.25, 0.3) is 0 Å². The second-order valence-corrected chi connectivity index (χ2v) is 5.38. The van der Waals surface area contributed by atoms with Crippen molar-refractivity contribution in [1.29, 1.82) is 0 Å². The lowest BCUT2D eigenvalue weighted by Crippen LogP contribution is -2.29. The Hall–Kier alpha value is -2.16. The van der Waals surface area contributed by atoms with Gasteiger partial charge in [-0.3, -0.25) is 4.99 Å². The van der Waals surface area contributed by atoms with Crippen molar-refractivity contribution in [3.63, 3.8) is 0 Å². The van der Waals surface area contributed by atoms with Gasteiger partial charge in [0.05, 0.1) is 5.69 Å². The molecule has 2 aromatic rings. The van der Waals surface area contributed by atoms with E-state index in [1.807, 2.05) is 0 Å². The Morgan fingerprint density at radius 2 is 1.71 bits per heavy atom. The van der Waals surface area contributed by atoms with E-state index in [-0.39, 0.29) is 5.82 Å². The zero-order valence-electron chi connectivity index (χ0n) is 12.0. The van der Waals surface area contributed by atoms with Gasteiger partial charge in [0.15, 0.2) is 0 Å². The molecule has 108 valence electrons. The predicted molar refractivity (Wildman–Crippen MR) is 86.2 cm³/mol. The summed E-state index contributed by atoms with van der Waals surface area (Å²) in [6, 6.07) is 14.7. The van der Waals surface area contributed by atoms with Crippen molar-refractivity contribution in [2.45, 2.75) is 19.3 Å². The summed E-state index contributed by atoms with van der Waals surface area (Å²) in [6.45, 7) is 2.30. The van der Waals surface area contributed by atoms with Crippen LogP contribution in [-0.2, 0) is 0 Å². The number of rotatable bonds is 3. The number of piperidine rings is 1. The van der Waals surface area contributed by atoms with Crippen molar-refractivity contribution in [3.8, 4) is 0 Å². The zero-order chi connectivity index (χ0) is 14.5. The first-order valence-electron chi connectivity index (χ1n) is 7.46. The fourth-order valence-electron chi connectivity index (χ4n) is 2.63. The van der Waals surface area contributed by atoms with E-state index in [4.69, 9.17) is 0 Å². The van der Waals surface area contributed by atoms with Crippen LogP contribution in [-0.4, -0.2) is 19.3 Å². The monoisotopic (exact) mass is 282 g/mol. The van der Waals surface area contributed by atoms with Gasteiger partial charge >= 0.3 is 0 Å². The molecule has 0 atom stereocenters. The van der Waals surface area contributed by atoms with Crippen LogP contribution in [0.4, 0.5) is 15.8 Å². The number of anilines is 1. The van der Waals surface area contributed by atoms with E-state index in [1.54, 1.807) is 18.3 Å². The smallest absolute Gasteiger partial charge is 0.125 e. The molecule has 3 heteroatoms. The van der Waals surface area contributed by atoms with E-state index in [9.17, 15) is 4.39 Å². The number of benzene rings is 2. The Balaban J connectivity index is 1.69. The number of halogens is 1. The lowest BCUT2D eigenvalue weighted by atomic mass is 10.1. The van der Waals surface area contributed by atoms with Gasteiger partial charge in [-0.25, -0.2) is 4.39 Å². The molecule has 1 fully saturated rings. The molecule has 2 nitrogen and oxygen atoms in total. The standard InChI is InChI=1S/C18H19FN2/c19-16-5-4-6-17(13-16)20-14-15-7-9-18(10-8-15)21-11-2-1-3-12-21/h4-10,13-14H,1-3,11-12H2. The van der Waals surface area contributed by atoms with E-state index < -0.39 is 0 Å². The molecular weight excluding hydrogens is 263 g/mol. The van der Waals surface area contributed by atoms with Gasteiger partial charge in [0.25, 0.3) is 0 Å². The van der Waals surface area contributed by atoms with Crippen molar-refractivity contribution in [2.24, 2.45) is 4.99 Å². The minimum atomic E-state index is -0.259. The Kier molecular flexibility index (Phi) is 4.29. The van der Waals surface area contributed by atoms with Crippen LogP contribution < -0.4 is 4.90 Å². The van der Waals surface area contributed by atoms with Gasteiger partial charge in [-0.1, -0.05) is 18.2 Å². The Morgan fingerprint density at radius 1 is 0.952 bits per heavy atom. The SMILES string of the molecule is Fc1cccc(N=Cc2ccc(N3CCCCC3)cc2)c1. The van der Waals surface area contributed by atoms with Crippen LogP contribution in [0.2, 0.25) is 0 Å². The highest BCUT2D eigenvalue weighted by Gasteiger charge is 2.10. The second kappa shape index (κ2) is 6.53. The molecule has 0 bridgehead atoms. The Labute approximate surface area is 124 Å². The van der Waals surface area contributed by atoms with Gasteiger partial charge in [0.2, 0.25) is 0 Å². The normalized spacial score (nSPS) is 15.6. The van der Waals surface area contributed by atoms with Crippen molar-refractivity contribution >= 4 is 17.6 Å². The zero-order valence-corrected chi connectivity index (χ0v) is 12.0. The fraction of sp³-hybridized carbons (Fsp3) is 0.278. The van der Waals surface area contributed by atoms with Gasteiger partial charge in [0.1, 0.15) is 5.82 Å². The quantitative estimate of drug-likeness (QED) is 0.753.